The summed E-state index contributed by atoms with van der Waals surface area (Å²) in [6, 6.07) is 6.60. The second kappa shape index (κ2) is 3.23. The fraction of sp³-hybridized carbons (Fsp3) is 0.500. The molecule has 0 spiro atoms. The first kappa shape index (κ1) is 11.5. The summed E-state index contributed by atoms with van der Waals surface area (Å²) in [5.74, 6) is -0.176. The van der Waals surface area contributed by atoms with Gasteiger partial charge in [-0.25, -0.2) is 12.8 Å². The van der Waals surface area contributed by atoms with E-state index < -0.39 is 9.05 Å². The van der Waals surface area contributed by atoms with Gasteiger partial charge in [-0.2, -0.15) is 0 Å². The lowest BCUT2D eigenvalue weighted by molar-refractivity contribution is -0.122. The fourth-order valence-corrected chi connectivity index (χ4v) is 5.37. The van der Waals surface area contributed by atoms with Gasteiger partial charge in [-0.05, 0) is 47.8 Å². The van der Waals surface area contributed by atoms with Crippen LogP contribution in [0, 0.1) is 11.2 Å². The Morgan fingerprint density at radius 1 is 1.29 bits per heavy atom. The highest BCUT2D eigenvalue weighted by Crippen LogP contribution is 2.74. The van der Waals surface area contributed by atoms with Gasteiger partial charge in [0.2, 0.25) is 9.05 Å². The molecule has 0 radical (unpaired) electrons. The van der Waals surface area contributed by atoms with E-state index in [2.05, 4.69) is 0 Å². The molecule has 1 aromatic carbocycles. The van der Waals surface area contributed by atoms with Gasteiger partial charge in [0.15, 0.2) is 0 Å². The van der Waals surface area contributed by atoms with E-state index in [0.717, 1.165) is 24.8 Å². The van der Waals surface area contributed by atoms with Crippen molar-refractivity contribution in [3.63, 3.8) is 0 Å². The molecule has 3 aliphatic rings. The molecule has 0 N–H and O–H groups in total. The van der Waals surface area contributed by atoms with E-state index in [4.69, 9.17) is 10.7 Å². The van der Waals surface area contributed by atoms with E-state index in [1.807, 2.05) is 6.07 Å². The average molecular weight is 275 g/mol. The summed E-state index contributed by atoms with van der Waals surface area (Å²) in [4.78, 5) is 0. The fourth-order valence-electron chi connectivity index (χ4n) is 3.64. The zero-order valence-electron chi connectivity index (χ0n) is 9.12. The van der Waals surface area contributed by atoms with Crippen LogP contribution in [0.5, 0.6) is 0 Å². The molecule has 0 aromatic heterocycles. The summed E-state index contributed by atoms with van der Waals surface area (Å²) in [6.45, 7) is 0. The third kappa shape index (κ3) is 1.78. The van der Waals surface area contributed by atoms with Crippen molar-refractivity contribution in [3.05, 3.63) is 35.6 Å². The van der Waals surface area contributed by atoms with Gasteiger partial charge in [0.05, 0.1) is 5.75 Å². The Morgan fingerprint density at radius 3 is 2.47 bits per heavy atom. The molecular weight excluding hydrogens is 263 g/mol. The quantitative estimate of drug-likeness (QED) is 0.795. The maximum Gasteiger partial charge on any atom is 0.233 e. The molecule has 3 aliphatic carbocycles. The van der Waals surface area contributed by atoms with E-state index in [1.165, 1.54) is 6.07 Å². The van der Waals surface area contributed by atoms with Gasteiger partial charge in [-0.3, -0.25) is 0 Å². The molecule has 0 unspecified atom stereocenters. The number of rotatable bonds is 3. The van der Waals surface area contributed by atoms with Crippen LogP contribution in [0.4, 0.5) is 4.39 Å². The Morgan fingerprint density at radius 2 is 1.94 bits per heavy atom. The molecule has 0 amide bonds. The minimum atomic E-state index is -3.42. The van der Waals surface area contributed by atoms with E-state index >= 15 is 0 Å². The summed E-state index contributed by atoms with van der Waals surface area (Å²) in [7, 11) is 1.86. The summed E-state index contributed by atoms with van der Waals surface area (Å²) < 4.78 is 35.3. The molecule has 17 heavy (non-hydrogen) atoms. The van der Waals surface area contributed by atoms with Crippen LogP contribution in [0.3, 0.4) is 0 Å². The summed E-state index contributed by atoms with van der Waals surface area (Å²) in [6.07, 6.45) is 2.44. The highest BCUT2D eigenvalue weighted by atomic mass is 35.7. The Labute approximate surface area is 104 Å². The molecule has 0 atom stereocenters. The highest BCUT2D eigenvalue weighted by Gasteiger charge is 2.69. The van der Waals surface area contributed by atoms with Crippen LogP contribution in [0.15, 0.2) is 24.3 Å². The third-order valence-corrected chi connectivity index (χ3v) is 5.34. The van der Waals surface area contributed by atoms with E-state index in [-0.39, 0.29) is 22.4 Å². The Balaban J connectivity index is 1.77. The van der Waals surface area contributed by atoms with Crippen molar-refractivity contribution >= 4 is 19.7 Å². The summed E-state index contributed by atoms with van der Waals surface area (Å²) in [5, 5.41) is 0. The van der Waals surface area contributed by atoms with Crippen molar-refractivity contribution in [1.82, 2.24) is 0 Å². The minimum Gasteiger partial charge on any atom is -0.212 e. The first-order chi connectivity index (χ1) is 7.83. The Bertz CT molecular complexity index is 562. The van der Waals surface area contributed by atoms with Gasteiger partial charge >= 0.3 is 0 Å². The molecule has 3 saturated carbocycles. The van der Waals surface area contributed by atoms with Crippen molar-refractivity contribution in [1.29, 1.82) is 0 Å². The lowest BCUT2D eigenvalue weighted by Crippen LogP contribution is -2.66. The monoisotopic (exact) mass is 274 g/mol. The van der Waals surface area contributed by atoms with E-state index in [1.54, 1.807) is 12.1 Å². The maximum atomic E-state index is 13.1. The minimum absolute atomic E-state index is 0.0175. The average Bonchev–Trinajstić information content (AvgIpc) is 2.07. The van der Waals surface area contributed by atoms with Gasteiger partial charge in [0.1, 0.15) is 5.82 Å². The van der Waals surface area contributed by atoms with Crippen LogP contribution in [-0.4, -0.2) is 14.2 Å². The van der Waals surface area contributed by atoms with Gasteiger partial charge < -0.3 is 0 Å². The number of hydrogen-bond acceptors (Lipinski definition) is 2. The van der Waals surface area contributed by atoms with E-state index in [9.17, 15) is 12.8 Å². The molecule has 3 fully saturated rings. The zero-order chi connectivity index (χ0) is 12.3. The van der Waals surface area contributed by atoms with Crippen LogP contribution in [-0.2, 0) is 14.5 Å². The van der Waals surface area contributed by atoms with Gasteiger partial charge in [0, 0.05) is 10.7 Å². The number of benzene rings is 1. The molecule has 2 nitrogen and oxygen atoms in total. The van der Waals surface area contributed by atoms with Gasteiger partial charge in [0.25, 0.3) is 0 Å². The zero-order valence-corrected chi connectivity index (χ0v) is 10.7. The molecule has 2 bridgehead atoms. The van der Waals surface area contributed by atoms with Crippen LogP contribution in [0.25, 0.3) is 0 Å². The van der Waals surface area contributed by atoms with E-state index in [0.29, 0.717) is 0 Å². The van der Waals surface area contributed by atoms with Crippen molar-refractivity contribution in [2.24, 2.45) is 5.41 Å². The lowest BCUT2D eigenvalue weighted by atomic mass is 9.34. The van der Waals surface area contributed by atoms with Crippen molar-refractivity contribution in [2.45, 2.75) is 24.7 Å². The largest absolute Gasteiger partial charge is 0.233 e. The Kier molecular flexibility index (Phi) is 2.18. The van der Waals surface area contributed by atoms with Crippen LogP contribution >= 0.6 is 10.7 Å². The molecule has 92 valence electrons. The van der Waals surface area contributed by atoms with Crippen LogP contribution in [0.2, 0.25) is 0 Å². The normalized spacial score (nSPS) is 34.9. The first-order valence-corrected chi connectivity index (χ1v) is 7.99. The standard InChI is InChI=1S/C12H12ClFO2S/c13-17(15,16)8-11-5-12(6-11,7-11)9-2-1-3-10(14)4-9/h1-4H,5-8H2. The molecular formula is C12H12ClFO2S. The number of halogens is 2. The smallest absolute Gasteiger partial charge is 0.212 e. The molecule has 0 aliphatic heterocycles. The second-order valence-electron chi connectivity index (χ2n) is 5.50. The van der Waals surface area contributed by atoms with Crippen molar-refractivity contribution in [3.8, 4) is 0 Å². The molecule has 4 rings (SSSR count). The SMILES string of the molecule is O=S(=O)(Cl)CC12CC(c3cccc(F)c3)(C1)C2. The van der Waals surface area contributed by atoms with Crippen LogP contribution in [0.1, 0.15) is 24.8 Å². The van der Waals surface area contributed by atoms with Crippen molar-refractivity contribution in [2.75, 3.05) is 5.75 Å². The second-order valence-corrected chi connectivity index (χ2v) is 8.28. The summed E-state index contributed by atoms with van der Waals surface area (Å²) in [5.41, 5.74) is 0.877. The summed E-state index contributed by atoms with van der Waals surface area (Å²) >= 11 is 0. The third-order valence-electron chi connectivity index (χ3n) is 4.06. The van der Waals surface area contributed by atoms with Crippen LogP contribution < -0.4 is 0 Å². The first-order valence-electron chi connectivity index (χ1n) is 5.51. The van der Waals surface area contributed by atoms with Crippen molar-refractivity contribution < 1.29 is 12.8 Å². The molecule has 0 heterocycles. The predicted molar refractivity (Wildman–Crippen MR) is 64.0 cm³/mol. The topological polar surface area (TPSA) is 34.1 Å². The molecule has 0 saturated heterocycles. The van der Waals surface area contributed by atoms with Gasteiger partial charge in [-0.15, -0.1) is 0 Å². The maximum absolute atomic E-state index is 13.1. The lowest BCUT2D eigenvalue weighted by Gasteiger charge is -2.71. The number of hydrogen-bond donors (Lipinski definition) is 0. The predicted octanol–water partition coefficient (Wildman–Crippen LogP) is 2.82. The molecule has 1 aromatic rings. The highest BCUT2D eigenvalue weighted by molar-refractivity contribution is 8.13. The molecule has 5 heteroatoms. The Hall–Kier alpha value is -0.610. The van der Waals surface area contributed by atoms with Gasteiger partial charge in [-0.1, -0.05) is 12.1 Å².